The van der Waals surface area contributed by atoms with Gasteiger partial charge in [0.05, 0.1) is 33.5 Å². The van der Waals surface area contributed by atoms with Crippen molar-refractivity contribution in [3.05, 3.63) is 78.2 Å². The van der Waals surface area contributed by atoms with Crippen LogP contribution in [0.3, 0.4) is 0 Å². The molecular weight excluding hydrogens is 605 g/mol. The molecule has 8 nitrogen and oxygen atoms in total. The Labute approximate surface area is 261 Å². The maximum absolute atomic E-state index is 12.7. The molecule has 4 rings (SSSR count). The topological polar surface area (TPSA) is 83.5 Å². The fraction of sp³-hybridized carbons (Fsp3) is 0.464. The van der Waals surface area contributed by atoms with Crippen LogP contribution in [0, 0.1) is 18.6 Å². The largest absolute Gasteiger partial charge is 2.00 e. The summed E-state index contributed by atoms with van der Waals surface area (Å²) in [5.41, 5.74) is 0.924. The fourth-order valence-electron chi connectivity index (χ4n) is 3.29. The Morgan fingerprint density at radius 2 is 1.27 bits per heavy atom. The number of halogens is 3. The fourth-order valence-corrected chi connectivity index (χ4v) is 3.29. The van der Waals surface area contributed by atoms with Gasteiger partial charge in [-0.2, -0.15) is 0 Å². The molecule has 2 aromatic carbocycles. The zero-order chi connectivity index (χ0) is 27.8. The first kappa shape index (κ1) is 38.5. The van der Waals surface area contributed by atoms with Crippen LogP contribution in [0.1, 0.15) is 52.8 Å². The monoisotopic (exact) mass is 639 g/mol. The van der Waals surface area contributed by atoms with E-state index in [-0.39, 0.29) is 75.9 Å². The molecule has 0 unspecified atom stereocenters. The zero-order valence-corrected chi connectivity index (χ0v) is 26.0. The van der Waals surface area contributed by atoms with Gasteiger partial charge in [0, 0.05) is 31.0 Å². The van der Waals surface area contributed by atoms with E-state index in [9.17, 15) is 18.4 Å². The van der Waals surface area contributed by atoms with E-state index < -0.39 is 0 Å². The second-order valence-electron chi connectivity index (χ2n) is 8.30. The Bertz CT molecular complexity index is 958. The van der Waals surface area contributed by atoms with E-state index in [0.717, 1.165) is 37.5 Å². The summed E-state index contributed by atoms with van der Waals surface area (Å²) in [6.45, 7) is 6.71. The van der Waals surface area contributed by atoms with Gasteiger partial charge in [-0.1, -0.05) is 0 Å². The van der Waals surface area contributed by atoms with Gasteiger partial charge in [-0.3, -0.25) is 14.4 Å². The molecular formula is C28H36BrF2MgNO7. The molecule has 2 saturated heterocycles. The molecule has 2 heterocycles. The molecule has 0 aliphatic carbocycles. The average Bonchev–Trinajstić information content (AvgIpc) is 2.97. The van der Waals surface area contributed by atoms with Crippen LogP contribution < -0.4 is 17.0 Å². The van der Waals surface area contributed by atoms with Crippen molar-refractivity contribution < 1.29 is 59.1 Å². The van der Waals surface area contributed by atoms with Gasteiger partial charge in [0.15, 0.2) is 12.1 Å². The van der Waals surface area contributed by atoms with Crippen LogP contribution in [0.4, 0.5) is 8.78 Å². The van der Waals surface area contributed by atoms with Gasteiger partial charge in [-0.05, 0) is 61.4 Å². The van der Waals surface area contributed by atoms with Gasteiger partial charge in [-0.25, -0.2) is 13.8 Å². The first-order valence-electron chi connectivity index (χ1n) is 12.5. The second kappa shape index (κ2) is 22.1. The number of benzene rings is 2. The molecule has 40 heavy (non-hydrogen) atoms. The van der Waals surface area contributed by atoms with Gasteiger partial charge in [-0.15, -0.1) is 6.42 Å². The molecule has 2 aliphatic heterocycles. The average molecular weight is 641 g/mol. The number of rotatable bonds is 7. The Balaban J connectivity index is 0.000000590. The smallest absolute Gasteiger partial charge is 1.00 e. The Kier molecular flexibility index (Phi) is 21.3. The maximum Gasteiger partial charge on any atom is 2.00 e. The molecule has 0 atom stereocenters. The van der Waals surface area contributed by atoms with Crippen LogP contribution in [0.5, 0.6) is 0 Å². The van der Waals surface area contributed by atoms with Gasteiger partial charge in [0.25, 0.3) is 5.91 Å². The number of hydrogen-bond donors (Lipinski definition) is 0. The van der Waals surface area contributed by atoms with E-state index in [2.05, 4.69) is 11.8 Å². The number of hydrogen-bond acceptors (Lipinski definition) is 7. The number of nitrogens with zero attached hydrogens (tertiary/aromatic N) is 1. The number of ketones is 1. The first-order valence-corrected chi connectivity index (χ1v) is 12.5. The van der Waals surface area contributed by atoms with Crippen molar-refractivity contribution in [2.75, 3.05) is 40.6 Å². The molecule has 218 valence electrons. The maximum atomic E-state index is 12.7. The van der Waals surface area contributed by atoms with Gasteiger partial charge in [0.2, 0.25) is 0 Å². The van der Waals surface area contributed by atoms with Crippen LogP contribution in [0.2, 0.25) is 0 Å². The van der Waals surface area contributed by atoms with Gasteiger partial charge in [0.1, 0.15) is 17.9 Å². The summed E-state index contributed by atoms with van der Waals surface area (Å²) >= 11 is 0. The predicted molar refractivity (Wildman–Crippen MR) is 142 cm³/mol. The van der Waals surface area contributed by atoms with E-state index in [1.54, 1.807) is 0 Å². The summed E-state index contributed by atoms with van der Waals surface area (Å²) in [5, 5.41) is 1.08. The SMILES string of the molecule is CON(C)C(=O)c1ccc(F)cc1.O=C(CCC1OCCCO1)c1ccc(F)cc1.[Br-].[CH2-]CC1OCCCO1.[Mg+2]. The Hall–Kier alpha value is -1.51. The van der Waals surface area contributed by atoms with Crippen molar-refractivity contribution in [3.63, 3.8) is 0 Å². The van der Waals surface area contributed by atoms with Crippen molar-refractivity contribution in [2.24, 2.45) is 0 Å². The zero-order valence-electron chi connectivity index (χ0n) is 23.0. The van der Waals surface area contributed by atoms with E-state index in [4.69, 9.17) is 18.9 Å². The van der Waals surface area contributed by atoms with Crippen molar-refractivity contribution >= 4 is 34.7 Å². The number of carbonyl (C=O) groups is 2. The van der Waals surface area contributed by atoms with Crippen LogP contribution in [-0.4, -0.2) is 93.0 Å². The molecule has 2 aromatic rings. The molecule has 0 bridgehead atoms. The minimum atomic E-state index is -0.364. The summed E-state index contributed by atoms with van der Waals surface area (Å²) in [4.78, 5) is 27.8. The molecule has 2 fully saturated rings. The molecule has 1 amide bonds. The van der Waals surface area contributed by atoms with Crippen molar-refractivity contribution in [2.45, 2.75) is 44.7 Å². The molecule has 0 aromatic heterocycles. The normalized spacial score (nSPS) is 15.1. The number of amides is 1. The van der Waals surface area contributed by atoms with Crippen molar-refractivity contribution in [1.82, 2.24) is 5.06 Å². The van der Waals surface area contributed by atoms with Crippen LogP contribution in [0.15, 0.2) is 48.5 Å². The number of Topliss-reactive ketones (excluding diaryl/α,β-unsaturated/α-hetero) is 1. The molecule has 2 aliphatic rings. The third kappa shape index (κ3) is 14.9. The number of ether oxygens (including phenoxy) is 4. The van der Waals surface area contributed by atoms with Crippen LogP contribution in [-0.2, 0) is 23.8 Å². The summed E-state index contributed by atoms with van der Waals surface area (Å²) in [6, 6.07) is 10.9. The van der Waals surface area contributed by atoms with E-state index in [1.807, 2.05) is 0 Å². The standard InChI is InChI=1S/C13H15FO3.C9H10FNO2.C6H11O2.BrH.Mg/c14-11-4-2-10(3-5-11)12(15)6-7-13-16-8-1-9-17-13;1-11(13-2)9(12)7-3-5-8(10)6-4-7;1-2-6-7-4-3-5-8-6;;/h2-5,13H,1,6-9H2;3-6H,1-2H3;6H,1-5H2;1H;/q;;-1;;+2/p-1. The first-order chi connectivity index (χ1) is 18.3. The second-order valence-corrected chi connectivity index (χ2v) is 8.30. The molecule has 0 spiro atoms. The number of carbonyl (C=O) groups excluding carboxylic acids is 2. The van der Waals surface area contributed by atoms with Crippen molar-refractivity contribution in [1.29, 1.82) is 0 Å². The number of hydroxylamine groups is 2. The third-order valence-corrected chi connectivity index (χ3v) is 5.45. The van der Waals surface area contributed by atoms with Crippen LogP contribution >= 0.6 is 0 Å². The summed E-state index contributed by atoms with van der Waals surface area (Å²) in [5.74, 6) is -1.01. The summed E-state index contributed by atoms with van der Waals surface area (Å²) < 4.78 is 46.1. The van der Waals surface area contributed by atoms with E-state index >= 15 is 0 Å². The molecule has 12 heteroatoms. The third-order valence-electron chi connectivity index (χ3n) is 5.45. The predicted octanol–water partition coefficient (Wildman–Crippen LogP) is 1.61. The molecule has 0 N–H and O–H groups in total. The minimum Gasteiger partial charge on any atom is -1.00 e. The quantitative estimate of drug-likeness (QED) is 0.197. The van der Waals surface area contributed by atoms with Gasteiger partial charge >= 0.3 is 23.1 Å². The summed E-state index contributed by atoms with van der Waals surface area (Å²) in [7, 11) is 2.88. The van der Waals surface area contributed by atoms with E-state index in [1.165, 1.54) is 62.7 Å². The van der Waals surface area contributed by atoms with Gasteiger partial charge < -0.3 is 42.9 Å². The summed E-state index contributed by atoms with van der Waals surface area (Å²) in [6.07, 6.45) is 3.27. The van der Waals surface area contributed by atoms with E-state index in [0.29, 0.717) is 37.2 Å². The Morgan fingerprint density at radius 3 is 1.68 bits per heavy atom. The van der Waals surface area contributed by atoms with Crippen molar-refractivity contribution in [3.8, 4) is 0 Å². The minimum absolute atomic E-state index is 0. The van der Waals surface area contributed by atoms with Crippen LogP contribution in [0.25, 0.3) is 0 Å². The Morgan fingerprint density at radius 1 is 0.850 bits per heavy atom. The molecule has 0 radical (unpaired) electrons. The molecule has 0 saturated carbocycles.